The first-order valence-electron chi connectivity index (χ1n) is 9.98. The standard InChI is InChI=1S/C24H21FN2O5/c1-15(16-10-11-21-22(12-16)32-14-31-21)26-24(29)17-6-2-5-9-20(17)30-13-23(28)27-19-8-4-3-7-18(19)25/h2-12,15H,13-14H2,1H3,(H,26,29)(H,27,28). The number of carbonyl (C=O) groups is 2. The molecule has 0 fully saturated rings. The van der Waals surface area contributed by atoms with Gasteiger partial charge in [-0.15, -0.1) is 0 Å². The van der Waals surface area contributed by atoms with Crippen LogP contribution in [0.1, 0.15) is 28.9 Å². The van der Waals surface area contributed by atoms with Gasteiger partial charge in [-0.2, -0.15) is 0 Å². The van der Waals surface area contributed by atoms with Gasteiger partial charge in [0.1, 0.15) is 11.6 Å². The quantitative estimate of drug-likeness (QED) is 0.583. The first kappa shape index (κ1) is 21.2. The van der Waals surface area contributed by atoms with Crippen LogP contribution in [0.3, 0.4) is 0 Å². The van der Waals surface area contributed by atoms with E-state index in [-0.39, 0.29) is 42.3 Å². The van der Waals surface area contributed by atoms with E-state index in [4.69, 9.17) is 14.2 Å². The van der Waals surface area contributed by atoms with Gasteiger partial charge >= 0.3 is 0 Å². The van der Waals surface area contributed by atoms with Gasteiger partial charge in [-0.1, -0.05) is 30.3 Å². The molecule has 32 heavy (non-hydrogen) atoms. The van der Waals surface area contributed by atoms with Crippen molar-refractivity contribution in [2.24, 2.45) is 0 Å². The number of nitrogens with one attached hydrogen (secondary N) is 2. The van der Waals surface area contributed by atoms with E-state index in [9.17, 15) is 14.0 Å². The molecule has 0 saturated carbocycles. The molecule has 0 bridgehead atoms. The highest BCUT2D eigenvalue weighted by atomic mass is 19.1. The van der Waals surface area contributed by atoms with Crippen molar-refractivity contribution in [1.29, 1.82) is 0 Å². The van der Waals surface area contributed by atoms with E-state index in [1.165, 1.54) is 18.2 Å². The number of amides is 2. The Kier molecular flexibility index (Phi) is 6.21. The Bertz CT molecular complexity index is 1150. The summed E-state index contributed by atoms with van der Waals surface area (Å²) in [6, 6.07) is 17.6. The lowest BCUT2D eigenvalue weighted by Crippen LogP contribution is -2.28. The van der Waals surface area contributed by atoms with Crippen LogP contribution < -0.4 is 24.8 Å². The molecule has 164 valence electrons. The molecule has 8 heteroatoms. The number of halogens is 1. The number of rotatable bonds is 7. The first-order valence-corrected chi connectivity index (χ1v) is 9.98. The third-order valence-electron chi connectivity index (χ3n) is 4.88. The minimum atomic E-state index is -0.543. The van der Waals surface area contributed by atoms with Crippen molar-refractivity contribution in [2.75, 3.05) is 18.7 Å². The van der Waals surface area contributed by atoms with Crippen molar-refractivity contribution in [3.63, 3.8) is 0 Å². The number of anilines is 1. The van der Waals surface area contributed by atoms with Gasteiger partial charge in [-0.05, 0) is 48.9 Å². The monoisotopic (exact) mass is 436 g/mol. The Hall–Kier alpha value is -4.07. The Morgan fingerprint density at radius 1 is 1.03 bits per heavy atom. The van der Waals surface area contributed by atoms with E-state index in [0.29, 0.717) is 11.5 Å². The van der Waals surface area contributed by atoms with E-state index in [1.54, 1.807) is 36.4 Å². The lowest BCUT2D eigenvalue weighted by molar-refractivity contribution is -0.118. The molecule has 0 spiro atoms. The van der Waals surface area contributed by atoms with Crippen LogP contribution in [0.5, 0.6) is 17.2 Å². The van der Waals surface area contributed by atoms with Gasteiger partial charge in [-0.3, -0.25) is 9.59 Å². The lowest BCUT2D eigenvalue weighted by Gasteiger charge is -2.17. The summed E-state index contributed by atoms with van der Waals surface area (Å²) in [7, 11) is 0. The maximum Gasteiger partial charge on any atom is 0.262 e. The Morgan fingerprint density at radius 3 is 2.62 bits per heavy atom. The predicted octanol–water partition coefficient (Wildman–Crippen LogP) is 4.06. The highest BCUT2D eigenvalue weighted by Crippen LogP contribution is 2.34. The second-order valence-electron chi connectivity index (χ2n) is 7.12. The topological polar surface area (TPSA) is 85.9 Å². The molecule has 1 aliphatic rings. The summed E-state index contributed by atoms with van der Waals surface area (Å²) in [5, 5.41) is 5.36. The molecule has 1 heterocycles. The number of para-hydroxylation sites is 2. The average molecular weight is 436 g/mol. The van der Waals surface area contributed by atoms with Gasteiger partial charge in [0, 0.05) is 0 Å². The Labute approximate surface area is 184 Å². The van der Waals surface area contributed by atoms with Gasteiger partial charge in [0.15, 0.2) is 18.1 Å². The van der Waals surface area contributed by atoms with Gasteiger partial charge in [0.2, 0.25) is 6.79 Å². The molecule has 3 aromatic rings. The number of benzene rings is 3. The van der Waals surface area contributed by atoms with Gasteiger partial charge in [0.05, 0.1) is 17.3 Å². The Morgan fingerprint density at radius 2 is 1.78 bits per heavy atom. The zero-order valence-electron chi connectivity index (χ0n) is 17.3. The van der Waals surface area contributed by atoms with E-state index >= 15 is 0 Å². The molecule has 0 radical (unpaired) electrons. The maximum atomic E-state index is 13.7. The number of hydrogen-bond acceptors (Lipinski definition) is 5. The van der Waals surface area contributed by atoms with E-state index in [2.05, 4.69) is 10.6 Å². The van der Waals surface area contributed by atoms with Crippen molar-refractivity contribution in [1.82, 2.24) is 5.32 Å². The van der Waals surface area contributed by atoms with Crippen molar-refractivity contribution < 1.29 is 28.2 Å². The second-order valence-corrected chi connectivity index (χ2v) is 7.12. The minimum Gasteiger partial charge on any atom is -0.483 e. The molecular formula is C24H21FN2O5. The fourth-order valence-electron chi connectivity index (χ4n) is 3.21. The smallest absolute Gasteiger partial charge is 0.262 e. The molecule has 1 atom stereocenters. The van der Waals surface area contributed by atoms with Crippen LogP contribution in [-0.2, 0) is 4.79 Å². The van der Waals surface area contributed by atoms with Crippen LogP contribution in [0.4, 0.5) is 10.1 Å². The van der Waals surface area contributed by atoms with E-state index < -0.39 is 11.7 Å². The van der Waals surface area contributed by atoms with Crippen LogP contribution in [0.25, 0.3) is 0 Å². The second kappa shape index (κ2) is 9.38. The van der Waals surface area contributed by atoms with Crippen molar-refractivity contribution >= 4 is 17.5 Å². The summed E-state index contributed by atoms with van der Waals surface area (Å²) in [4.78, 5) is 25.0. The molecule has 0 aromatic heterocycles. The minimum absolute atomic E-state index is 0.0599. The zero-order valence-corrected chi connectivity index (χ0v) is 17.3. The zero-order chi connectivity index (χ0) is 22.5. The molecule has 0 saturated heterocycles. The number of hydrogen-bond donors (Lipinski definition) is 2. The molecule has 1 aliphatic heterocycles. The Balaban J connectivity index is 1.39. The third-order valence-corrected chi connectivity index (χ3v) is 4.88. The van der Waals surface area contributed by atoms with Gasteiger partial charge in [0.25, 0.3) is 11.8 Å². The average Bonchev–Trinajstić information content (AvgIpc) is 3.27. The number of carbonyl (C=O) groups excluding carboxylic acids is 2. The van der Waals surface area contributed by atoms with Gasteiger partial charge in [-0.25, -0.2) is 4.39 Å². The predicted molar refractivity (Wildman–Crippen MR) is 115 cm³/mol. The summed E-state index contributed by atoms with van der Waals surface area (Å²) in [5.41, 5.74) is 1.19. The number of ether oxygens (including phenoxy) is 3. The normalized spacial score (nSPS) is 12.7. The van der Waals surface area contributed by atoms with Crippen LogP contribution in [0.15, 0.2) is 66.7 Å². The summed E-state index contributed by atoms with van der Waals surface area (Å²) < 4.78 is 29.9. The summed E-state index contributed by atoms with van der Waals surface area (Å²) in [6.07, 6.45) is 0. The third kappa shape index (κ3) is 4.80. The maximum absolute atomic E-state index is 13.7. The van der Waals surface area contributed by atoms with Gasteiger partial charge < -0.3 is 24.8 Å². The highest BCUT2D eigenvalue weighted by Gasteiger charge is 2.19. The summed E-state index contributed by atoms with van der Waals surface area (Å²) in [5.74, 6) is 0.0944. The fourth-order valence-corrected chi connectivity index (χ4v) is 3.21. The molecule has 7 nitrogen and oxygen atoms in total. The van der Waals surface area contributed by atoms with Crippen molar-refractivity contribution in [3.05, 3.63) is 83.7 Å². The molecule has 3 aromatic carbocycles. The summed E-state index contributed by atoms with van der Waals surface area (Å²) in [6.45, 7) is 1.64. The van der Waals surface area contributed by atoms with Crippen LogP contribution in [0, 0.1) is 5.82 Å². The lowest BCUT2D eigenvalue weighted by atomic mass is 10.1. The molecule has 2 N–H and O–H groups in total. The highest BCUT2D eigenvalue weighted by molar-refractivity contribution is 5.97. The molecule has 1 unspecified atom stereocenters. The number of fused-ring (bicyclic) bond motifs is 1. The molecule has 0 aliphatic carbocycles. The van der Waals surface area contributed by atoms with E-state index in [0.717, 1.165) is 5.56 Å². The summed E-state index contributed by atoms with van der Waals surface area (Å²) >= 11 is 0. The largest absolute Gasteiger partial charge is 0.483 e. The SMILES string of the molecule is CC(NC(=O)c1ccccc1OCC(=O)Nc1ccccc1F)c1ccc2c(c1)OCO2. The van der Waals surface area contributed by atoms with E-state index in [1.807, 2.05) is 19.1 Å². The van der Waals surface area contributed by atoms with Crippen LogP contribution in [0.2, 0.25) is 0 Å². The van der Waals surface area contributed by atoms with Crippen LogP contribution >= 0.6 is 0 Å². The molecular weight excluding hydrogens is 415 g/mol. The van der Waals surface area contributed by atoms with Crippen molar-refractivity contribution in [3.8, 4) is 17.2 Å². The fraction of sp³-hybridized carbons (Fsp3) is 0.167. The first-order chi connectivity index (χ1) is 15.5. The molecule has 2 amide bonds. The molecule has 4 rings (SSSR count). The van der Waals surface area contributed by atoms with Crippen LogP contribution in [-0.4, -0.2) is 25.2 Å². The van der Waals surface area contributed by atoms with Crippen molar-refractivity contribution in [2.45, 2.75) is 13.0 Å².